The first kappa shape index (κ1) is 12.5. The number of hydrogen-bond donors (Lipinski definition) is 1. The maximum absolute atomic E-state index is 11.4. The fourth-order valence-corrected chi connectivity index (χ4v) is 2.21. The molecule has 0 spiro atoms. The van der Waals surface area contributed by atoms with E-state index in [4.69, 9.17) is 0 Å². The van der Waals surface area contributed by atoms with Crippen LogP contribution in [0.25, 0.3) is 0 Å². The van der Waals surface area contributed by atoms with Crippen molar-refractivity contribution in [3.05, 3.63) is 0 Å². The summed E-state index contributed by atoms with van der Waals surface area (Å²) in [5.74, 6) is 0.936. The van der Waals surface area contributed by atoms with Gasteiger partial charge in [0.2, 0.25) is 5.91 Å². The summed E-state index contributed by atoms with van der Waals surface area (Å²) in [7, 11) is 3.60. The highest BCUT2D eigenvalue weighted by molar-refractivity contribution is 5.77. The lowest BCUT2D eigenvalue weighted by Crippen LogP contribution is -2.41. The molecule has 1 N–H and O–H groups in total. The average Bonchev–Trinajstić information content (AvgIpc) is 2.26. The van der Waals surface area contributed by atoms with E-state index in [0.29, 0.717) is 12.6 Å². The molecule has 0 aromatic carbocycles. The highest BCUT2D eigenvalue weighted by Crippen LogP contribution is 2.26. The van der Waals surface area contributed by atoms with Gasteiger partial charge in [0.1, 0.15) is 0 Å². The second kappa shape index (κ2) is 6.11. The predicted molar refractivity (Wildman–Crippen MR) is 62.7 cm³/mol. The summed E-state index contributed by atoms with van der Waals surface area (Å²) in [6.07, 6.45) is 6.76. The molecule has 1 aliphatic rings. The van der Waals surface area contributed by atoms with Crippen molar-refractivity contribution in [1.29, 1.82) is 0 Å². The Bertz CT molecular complexity index is 198. The van der Waals surface area contributed by atoms with E-state index < -0.39 is 0 Å². The summed E-state index contributed by atoms with van der Waals surface area (Å²) in [6.45, 7) is 2.68. The molecular formula is C12H24N2O. The smallest absolute Gasteiger partial charge is 0.236 e. The summed E-state index contributed by atoms with van der Waals surface area (Å²) in [5, 5.41) is 3.34. The van der Waals surface area contributed by atoms with Gasteiger partial charge in [0, 0.05) is 20.1 Å². The number of nitrogens with zero attached hydrogens (tertiary/aromatic N) is 1. The van der Waals surface area contributed by atoms with Crippen molar-refractivity contribution in [3.8, 4) is 0 Å². The predicted octanol–water partition coefficient (Wildman–Crippen LogP) is 1.63. The van der Waals surface area contributed by atoms with Crippen LogP contribution in [0.5, 0.6) is 0 Å². The van der Waals surface area contributed by atoms with Crippen LogP contribution in [0.15, 0.2) is 0 Å². The number of carbonyl (C=O) groups is 1. The fraction of sp³-hybridized carbons (Fsp3) is 0.917. The van der Waals surface area contributed by atoms with Gasteiger partial charge in [-0.25, -0.2) is 0 Å². The Balaban J connectivity index is 2.22. The van der Waals surface area contributed by atoms with E-state index >= 15 is 0 Å². The van der Waals surface area contributed by atoms with Crippen molar-refractivity contribution >= 4 is 5.91 Å². The van der Waals surface area contributed by atoms with Crippen molar-refractivity contribution in [1.82, 2.24) is 10.2 Å². The summed E-state index contributed by atoms with van der Waals surface area (Å²) in [6, 6.07) is 0.481. The Morgan fingerprint density at radius 2 is 1.93 bits per heavy atom. The van der Waals surface area contributed by atoms with E-state index in [0.717, 1.165) is 5.92 Å². The van der Waals surface area contributed by atoms with E-state index in [9.17, 15) is 4.79 Å². The Labute approximate surface area is 93.2 Å². The molecular weight excluding hydrogens is 188 g/mol. The lowest BCUT2D eigenvalue weighted by molar-refractivity contribution is -0.127. The van der Waals surface area contributed by atoms with Gasteiger partial charge in [-0.05, 0) is 25.7 Å². The van der Waals surface area contributed by atoms with Crippen LogP contribution in [-0.2, 0) is 4.79 Å². The topological polar surface area (TPSA) is 32.3 Å². The molecule has 0 radical (unpaired) electrons. The summed E-state index contributed by atoms with van der Waals surface area (Å²) >= 11 is 0. The molecule has 0 aromatic heterocycles. The lowest BCUT2D eigenvalue weighted by atomic mass is 9.84. The third-order valence-corrected chi connectivity index (χ3v) is 3.43. The third-order valence-electron chi connectivity index (χ3n) is 3.43. The molecule has 1 saturated carbocycles. The quantitative estimate of drug-likeness (QED) is 0.768. The zero-order chi connectivity index (χ0) is 11.3. The minimum absolute atomic E-state index is 0.164. The fourth-order valence-electron chi connectivity index (χ4n) is 2.21. The summed E-state index contributed by atoms with van der Waals surface area (Å²) in [5.41, 5.74) is 0. The molecule has 15 heavy (non-hydrogen) atoms. The monoisotopic (exact) mass is 212 g/mol. The van der Waals surface area contributed by atoms with Gasteiger partial charge in [0.05, 0.1) is 6.54 Å². The maximum Gasteiger partial charge on any atom is 0.236 e. The highest BCUT2D eigenvalue weighted by Gasteiger charge is 2.20. The van der Waals surface area contributed by atoms with Crippen molar-refractivity contribution in [2.75, 3.05) is 20.6 Å². The molecule has 0 aliphatic heterocycles. The Morgan fingerprint density at radius 1 is 1.33 bits per heavy atom. The van der Waals surface area contributed by atoms with Crippen molar-refractivity contribution in [2.45, 2.75) is 45.1 Å². The van der Waals surface area contributed by atoms with Crippen LogP contribution < -0.4 is 5.32 Å². The van der Waals surface area contributed by atoms with Crippen LogP contribution >= 0.6 is 0 Å². The van der Waals surface area contributed by atoms with Gasteiger partial charge in [0.25, 0.3) is 0 Å². The van der Waals surface area contributed by atoms with E-state index in [-0.39, 0.29) is 5.91 Å². The van der Waals surface area contributed by atoms with Crippen LogP contribution in [0.2, 0.25) is 0 Å². The zero-order valence-electron chi connectivity index (χ0n) is 10.3. The van der Waals surface area contributed by atoms with Gasteiger partial charge in [0.15, 0.2) is 0 Å². The minimum atomic E-state index is 0.164. The van der Waals surface area contributed by atoms with Gasteiger partial charge >= 0.3 is 0 Å². The Kier molecular flexibility index (Phi) is 5.09. The number of nitrogens with one attached hydrogen (secondary N) is 1. The van der Waals surface area contributed by atoms with Gasteiger partial charge in [-0.1, -0.05) is 19.3 Å². The normalized spacial score (nSPS) is 19.9. The van der Waals surface area contributed by atoms with Gasteiger partial charge in [-0.2, -0.15) is 0 Å². The number of rotatable bonds is 4. The van der Waals surface area contributed by atoms with Gasteiger partial charge in [-0.15, -0.1) is 0 Å². The second-order valence-electron chi connectivity index (χ2n) is 4.86. The summed E-state index contributed by atoms with van der Waals surface area (Å²) < 4.78 is 0. The molecule has 0 heterocycles. The Morgan fingerprint density at radius 3 is 2.47 bits per heavy atom. The standard InChI is InChI=1S/C12H24N2O/c1-10(11-7-5-4-6-8-11)13-9-12(15)14(2)3/h10-11,13H,4-9H2,1-3H3. The molecule has 1 rings (SSSR count). The largest absolute Gasteiger partial charge is 0.348 e. The molecule has 88 valence electrons. The molecule has 0 aromatic rings. The molecule has 1 atom stereocenters. The third kappa shape index (κ3) is 4.20. The zero-order valence-corrected chi connectivity index (χ0v) is 10.3. The van der Waals surface area contributed by atoms with Crippen LogP contribution in [0.1, 0.15) is 39.0 Å². The number of likely N-dealkylation sites (N-methyl/N-ethyl adjacent to an activating group) is 1. The molecule has 0 saturated heterocycles. The van der Waals surface area contributed by atoms with Crippen LogP contribution in [0.4, 0.5) is 0 Å². The lowest BCUT2D eigenvalue weighted by Gasteiger charge is -2.28. The molecule has 0 bridgehead atoms. The number of hydrogen-bond acceptors (Lipinski definition) is 2. The van der Waals surface area contributed by atoms with Gasteiger partial charge in [-0.3, -0.25) is 4.79 Å². The first-order chi connectivity index (χ1) is 7.11. The molecule has 1 amide bonds. The number of amides is 1. The van der Waals surface area contributed by atoms with Crippen molar-refractivity contribution < 1.29 is 4.79 Å². The van der Waals surface area contributed by atoms with Crippen LogP contribution in [-0.4, -0.2) is 37.5 Å². The average molecular weight is 212 g/mol. The van der Waals surface area contributed by atoms with Crippen LogP contribution in [0.3, 0.4) is 0 Å². The van der Waals surface area contributed by atoms with E-state index in [2.05, 4.69) is 12.2 Å². The summed E-state index contributed by atoms with van der Waals surface area (Å²) in [4.78, 5) is 13.0. The number of carbonyl (C=O) groups excluding carboxylic acids is 1. The molecule has 1 aliphatic carbocycles. The minimum Gasteiger partial charge on any atom is -0.348 e. The SMILES string of the molecule is CC(NCC(=O)N(C)C)C1CCCCC1. The molecule has 1 fully saturated rings. The van der Waals surface area contributed by atoms with Crippen LogP contribution in [0, 0.1) is 5.92 Å². The van der Waals surface area contributed by atoms with Crippen molar-refractivity contribution in [2.24, 2.45) is 5.92 Å². The van der Waals surface area contributed by atoms with E-state index in [1.54, 1.807) is 19.0 Å². The van der Waals surface area contributed by atoms with E-state index in [1.165, 1.54) is 32.1 Å². The molecule has 1 unspecified atom stereocenters. The van der Waals surface area contributed by atoms with Gasteiger partial charge < -0.3 is 10.2 Å². The second-order valence-corrected chi connectivity index (χ2v) is 4.86. The van der Waals surface area contributed by atoms with E-state index in [1.807, 2.05) is 0 Å². The van der Waals surface area contributed by atoms with Crippen molar-refractivity contribution in [3.63, 3.8) is 0 Å². The molecule has 3 heteroatoms. The first-order valence-electron chi connectivity index (χ1n) is 6.05. The first-order valence-corrected chi connectivity index (χ1v) is 6.05. The maximum atomic E-state index is 11.4. The highest BCUT2D eigenvalue weighted by atomic mass is 16.2. The Hall–Kier alpha value is -0.570. The molecule has 3 nitrogen and oxygen atoms in total.